The highest BCUT2D eigenvalue weighted by Crippen LogP contribution is 2.31. The molecule has 0 amide bonds. The first-order chi connectivity index (χ1) is 8.84. The highest BCUT2D eigenvalue weighted by Gasteiger charge is 2.33. The van der Waals surface area contributed by atoms with Crippen molar-refractivity contribution in [2.75, 3.05) is 5.73 Å². The van der Waals surface area contributed by atoms with E-state index in [1.54, 1.807) is 0 Å². The van der Waals surface area contributed by atoms with E-state index in [1.165, 1.54) is 24.3 Å². The van der Waals surface area contributed by atoms with Gasteiger partial charge in [0.1, 0.15) is 5.75 Å². The molecule has 8 heteroatoms. The topological polar surface area (TPSA) is 61.0 Å². The number of nitrogen functional groups attached to an aromatic ring is 1. The van der Waals surface area contributed by atoms with Gasteiger partial charge in [0.2, 0.25) is 11.8 Å². The van der Waals surface area contributed by atoms with Crippen molar-refractivity contribution in [3.8, 4) is 11.6 Å². The van der Waals surface area contributed by atoms with Gasteiger partial charge in [-0.05, 0) is 24.3 Å². The molecule has 0 saturated carbocycles. The molecule has 0 spiro atoms. The normalized spacial score (nSPS) is 11.4. The summed E-state index contributed by atoms with van der Waals surface area (Å²) in [6, 6.07) is 6.73. The molecule has 0 aliphatic rings. The van der Waals surface area contributed by atoms with E-state index in [4.69, 9.17) is 22.1 Å². The Morgan fingerprint density at radius 2 is 1.74 bits per heavy atom. The lowest BCUT2D eigenvalue weighted by Crippen LogP contribution is -2.11. The second-order valence-electron chi connectivity index (χ2n) is 3.50. The van der Waals surface area contributed by atoms with E-state index in [0.29, 0.717) is 11.1 Å². The lowest BCUT2D eigenvalue weighted by atomic mass is 10.3. The van der Waals surface area contributed by atoms with Crippen molar-refractivity contribution in [2.45, 2.75) is 6.18 Å². The number of aromatic nitrogens is 2. The van der Waals surface area contributed by atoms with Gasteiger partial charge in [-0.25, -0.2) is 4.98 Å². The van der Waals surface area contributed by atoms with Crippen molar-refractivity contribution in [3.63, 3.8) is 0 Å². The molecule has 0 saturated heterocycles. The number of nitrogens with zero attached hydrogens (tertiary/aromatic N) is 2. The van der Waals surface area contributed by atoms with Gasteiger partial charge in [-0.2, -0.15) is 18.2 Å². The molecule has 1 heterocycles. The van der Waals surface area contributed by atoms with Gasteiger partial charge in [-0.3, -0.25) is 0 Å². The van der Waals surface area contributed by atoms with Gasteiger partial charge in [-0.15, -0.1) is 0 Å². The Labute approximate surface area is 111 Å². The molecule has 0 aliphatic heterocycles. The first-order valence-electron chi connectivity index (χ1n) is 5.00. The number of ether oxygens (including phenoxy) is 1. The van der Waals surface area contributed by atoms with E-state index < -0.39 is 17.8 Å². The number of nitrogens with two attached hydrogens (primary N) is 1. The first-order valence-corrected chi connectivity index (χ1v) is 5.37. The molecule has 4 nitrogen and oxygen atoms in total. The summed E-state index contributed by atoms with van der Waals surface area (Å²) in [6.45, 7) is 0. The van der Waals surface area contributed by atoms with E-state index in [2.05, 4.69) is 9.97 Å². The van der Waals surface area contributed by atoms with Crippen LogP contribution in [0.25, 0.3) is 0 Å². The number of benzene rings is 1. The molecular weight excluding hydrogens is 283 g/mol. The molecular formula is C11H7ClF3N3O. The molecule has 1 aromatic heterocycles. The Balaban J connectivity index is 2.30. The van der Waals surface area contributed by atoms with E-state index in [1.807, 2.05) is 0 Å². The molecule has 0 fully saturated rings. The van der Waals surface area contributed by atoms with Crippen LogP contribution in [0, 0.1) is 0 Å². The van der Waals surface area contributed by atoms with Crippen LogP contribution < -0.4 is 10.5 Å². The molecule has 2 aromatic rings. The number of hydrogen-bond donors (Lipinski definition) is 1. The number of alkyl halides is 3. The third-order valence-electron chi connectivity index (χ3n) is 2.05. The van der Waals surface area contributed by atoms with Gasteiger partial charge in [0, 0.05) is 11.1 Å². The zero-order chi connectivity index (χ0) is 14.0. The van der Waals surface area contributed by atoms with Gasteiger partial charge >= 0.3 is 6.18 Å². The van der Waals surface area contributed by atoms with Crippen LogP contribution in [0.2, 0.25) is 5.02 Å². The molecule has 0 atom stereocenters. The lowest BCUT2D eigenvalue weighted by Gasteiger charge is -2.09. The van der Waals surface area contributed by atoms with Crippen LogP contribution in [-0.4, -0.2) is 9.97 Å². The zero-order valence-corrected chi connectivity index (χ0v) is 10.0. The van der Waals surface area contributed by atoms with Crippen LogP contribution in [0.3, 0.4) is 0 Å². The SMILES string of the molecule is Nc1nc(Oc2ccc(Cl)cc2)cc(C(F)(F)F)n1. The molecule has 0 unspecified atom stereocenters. The van der Waals surface area contributed by atoms with Crippen LogP contribution in [0.15, 0.2) is 30.3 Å². The minimum absolute atomic E-state index is 0.288. The van der Waals surface area contributed by atoms with Crippen molar-refractivity contribution in [1.29, 1.82) is 0 Å². The number of rotatable bonds is 2. The van der Waals surface area contributed by atoms with Crippen molar-refractivity contribution in [2.24, 2.45) is 0 Å². The molecule has 1 aromatic carbocycles. The number of hydrogen-bond acceptors (Lipinski definition) is 4. The van der Waals surface area contributed by atoms with Crippen LogP contribution in [0.4, 0.5) is 19.1 Å². The fraction of sp³-hybridized carbons (Fsp3) is 0.0909. The average molecular weight is 290 g/mol. The summed E-state index contributed by atoms with van der Waals surface area (Å²) >= 11 is 5.68. The second kappa shape index (κ2) is 4.93. The molecule has 100 valence electrons. The van der Waals surface area contributed by atoms with E-state index in [9.17, 15) is 13.2 Å². The zero-order valence-electron chi connectivity index (χ0n) is 9.28. The Hall–Kier alpha value is -2.02. The first kappa shape index (κ1) is 13.4. The van der Waals surface area contributed by atoms with Crippen LogP contribution >= 0.6 is 11.6 Å². The molecule has 0 aliphatic carbocycles. The smallest absolute Gasteiger partial charge is 0.433 e. The third kappa shape index (κ3) is 3.47. The van der Waals surface area contributed by atoms with Crippen LogP contribution in [0.5, 0.6) is 11.6 Å². The Morgan fingerprint density at radius 1 is 1.11 bits per heavy atom. The van der Waals surface area contributed by atoms with Crippen molar-refractivity contribution < 1.29 is 17.9 Å². The summed E-state index contributed by atoms with van der Waals surface area (Å²) in [6.07, 6.45) is -4.62. The molecule has 0 radical (unpaired) electrons. The van der Waals surface area contributed by atoms with Gasteiger partial charge in [0.15, 0.2) is 5.69 Å². The maximum absolute atomic E-state index is 12.5. The van der Waals surface area contributed by atoms with Crippen LogP contribution in [-0.2, 0) is 6.18 Å². The van der Waals surface area contributed by atoms with Gasteiger partial charge in [-0.1, -0.05) is 11.6 Å². The minimum atomic E-state index is -4.62. The van der Waals surface area contributed by atoms with Crippen molar-refractivity contribution in [1.82, 2.24) is 9.97 Å². The van der Waals surface area contributed by atoms with Crippen molar-refractivity contribution >= 4 is 17.5 Å². The fourth-order valence-electron chi connectivity index (χ4n) is 1.26. The highest BCUT2D eigenvalue weighted by molar-refractivity contribution is 6.30. The summed E-state index contributed by atoms with van der Waals surface area (Å²) in [7, 11) is 0. The van der Waals surface area contributed by atoms with Gasteiger partial charge in [0.05, 0.1) is 0 Å². The third-order valence-corrected chi connectivity index (χ3v) is 2.30. The van der Waals surface area contributed by atoms with E-state index in [0.717, 1.165) is 0 Å². The lowest BCUT2D eigenvalue weighted by molar-refractivity contribution is -0.141. The average Bonchev–Trinajstić information content (AvgIpc) is 2.30. The number of anilines is 1. The Kier molecular flexibility index (Phi) is 3.48. The van der Waals surface area contributed by atoms with Crippen molar-refractivity contribution in [3.05, 3.63) is 41.0 Å². The standard InChI is InChI=1S/C11H7ClF3N3O/c12-6-1-3-7(4-2-6)19-9-5-8(11(13,14)15)17-10(16)18-9/h1-5H,(H2,16,17,18). The summed E-state index contributed by atoms with van der Waals surface area (Å²) in [5.41, 5.74) is 4.05. The minimum Gasteiger partial charge on any atom is -0.439 e. The summed E-state index contributed by atoms with van der Waals surface area (Å²) in [4.78, 5) is 6.68. The summed E-state index contributed by atoms with van der Waals surface area (Å²) in [5.74, 6) is -0.517. The highest BCUT2D eigenvalue weighted by atomic mass is 35.5. The second-order valence-corrected chi connectivity index (χ2v) is 3.94. The molecule has 2 rings (SSSR count). The van der Waals surface area contributed by atoms with E-state index >= 15 is 0 Å². The molecule has 0 bridgehead atoms. The van der Waals surface area contributed by atoms with Gasteiger partial charge < -0.3 is 10.5 Å². The van der Waals surface area contributed by atoms with Crippen LogP contribution in [0.1, 0.15) is 5.69 Å². The molecule has 19 heavy (non-hydrogen) atoms. The summed E-state index contributed by atoms with van der Waals surface area (Å²) in [5, 5.41) is 0.477. The van der Waals surface area contributed by atoms with E-state index in [-0.39, 0.29) is 11.6 Å². The predicted octanol–water partition coefficient (Wildman–Crippen LogP) is 3.52. The largest absolute Gasteiger partial charge is 0.439 e. The fourth-order valence-corrected chi connectivity index (χ4v) is 1.39. The summed E-state index contributed by atoms with van der Waals surface area (Å²) < 4.78 is 42.7. The predicted molar refractivity (Wildman–Crippen MR) is 63.0 cm³/mol. The molecule has 2 N–H and O–H groups in total. The Morgan fingerprint density at radius 3 is 2.32 bits per heavy atom. The number of halogens is 4. The Bertz CT molecular complexity index is 587. The maximum atomic E-state index is 12.5. The monoisotopic (exact) mass is 289 g/mol. The van der Waals surface area contributed by atoms with Gasteiger partial charge in [0.25, 0.3) is 0 Å². The quantitative estimate of drug-likeness (QED) is 0.919. The maximum Gasteiger partial charge on any atom is 0.433 e.